The van der Waals surface area contributed by atoms with Gasteiger partial charge in [-0.15, -0.1) is 0 Å². The van der Waals surface area contributed by atoms with Crippen molar-refractivity contribution in [2.75, 3.05) is 6.54 Å². The van der Waals surface area contributed by atoms with E-state index in [0.29, 0.717) is 6.04 Å². The van der Waals surface area contributed by atoms with Crippen LogP contribution in [0.25, 0.3) is 5.52 Å². The number of nitrogens with zero attached hydrogens (tertiary/aromatic N) is 2. The molecule has 0 radical (unpaired) electrons. The summed E-state index contributed by atoms with van der Waals surface area (Å²) < 4.78 is 2.89. The van der Waals surface area contributed by atoms with Gasteiger partial charge in [0.15, 0.2) is 0 Å². The Labute approximate surface area is 107 Å². The maximum absolute atomic E-state index is 6.17. The highest BCUT2D eigenvalue weighted by Crippen LogP contribution is 2.30. The fourth-order valence-electron chi connectivity index (χ4n) is 2.23. The van der Waals surface area contributed by atoms with Crippen LogP contribution in [-0.4, -0.2) is 15.9 Å². The van der Waals surface area contributed by atoms with E-state index in [1.807, 2.05) is 18.3 Å². The molecule has 0 aromatic carbocycles. The van der Waals surface area contributed by atoms with Crippen molar-refractivity contribution in [2.45, 2.75) is 18.9 Å². The van der Waals surface area contributed by atoms with E-state index in [9.17, 15) is 0 Å². The summed E-state index contributed by atoms with van der Waals surface area (Å²) in [6, 6.07) is 4.18. The van der Waals surface area contributed by atoms with Crippen LogP contribution in [0.3, 0.4) is 0 Å². The van der Waals surface area contributed by atoms with E-state index >= 15 is 0 Å². The first-order valence-electron chi connectivity index (χ1n) is 5.33. The monoisotopic (exact) mass is 299 g/mol. The number of pyridine rings is 1. The summed E-state index contributed by atoms with van der Waals surface area (Å²) in [5.41, 5.74) is 0.952. The summed E-state index contributed by atoms with van der Waals surface area (Å²) in [5.74, 6) is 1.04. The first kappa shape index (κ1) is 10.6. The number of rotatable bonds is 1. The van der Waals surface area contributed by atoms with Gasteiger partial charge in [-0.05, 0) is 47.4 Å². The van der Waals surface area contributed by atoms with Crippen molar-refractivity contribution in [3.05, 3.63) is 33.8 Å². The predicted octanol–water partition coefficient (Wildman–Crippen LogP) is 3.17. The zero-order valence-electron chi connectivity index (χ0n) is 8.58. The summed E-state index contributed by atoms with van der Waals surface area (Å²) in [6.07, 6.45) is 4.35. The average Bonchev–Trinajstić information content (AvgIpc) is 2.86. The molecule has 1 unspecified atom stereocenters. The van der Waals surface area contributed by atoms with Crippen molar-refractivity contribution in [1.82, 2.24) is 14.7 Å². The molecule has 3 rings (SSSR count). The lowest BCUT2D eigenvalue weighted by atomic mass is 10.2. The zero-order chi connectivity index (χ0) is 11.1. The smallest absolute Gasteiger partial charge is 0.133 e. The number of aromatic nitrogens is 2. The minimum Gasteiger partial charge on any atom is -0.307 e. The summed E-state index contributed by atoms with van der Waals surface area (Å²) in [7, 11) is 0. The van der Waals surface area contributed by atoms with Gasteiger partial charge in [0.2, 0.25) is 0 Å². The van der Waals surface area contributed by atoms with Crippen LogP contribution in [0.15, 0.2) is 22.9 Å². The molecular formula is C11H11BrClN3. The molecule has 2 aromatic heterocycles. The van der Waals surface area contributed by atoms with E-state index in [4.69, 9.17) is 11.6 Å². The highest BCUT2D eigenvalue weighted by molar-refractivity contribution is 9.10. The van der Waals surface area contributed by atoms with Gasteiger partial charge in [0.1, 0.15) is 10.4 Å². The molecule has 1 aliphatic heterocycles. The molecule has 1 aliphatic rings. The molecule has 0 bridgehead atoms. The van der Waals surface area contributed by atoms with Gasteiger partial charge in [-0.25, -0.2) is 4.98 Å². The molecule has 3 heterocycles. The lowest BCUT2D eigenvalue weighted by Crippen LogP contribution is -2.15. The van der Waals surface area contributed by atoms with Crippen molar-refractivity contribution < 1.29 is 0 Å². The highest BCUT2D eigenvalue weighted by Gasteiger charge is 2.22. The molecule has 5 heteroatoms. The summed E-state index contributed by atoms with van der Waals surface area (Å²) in [6.45, 7) is 1.07. The van der Waals surface area contributed by atoms with Crippen LogP contribution in [0, 0.1) is 0 Å². The Balaban J connectivity index is 2.22. The Morgan fingerprint density at radius 2 is 2.44 bits per heavy atom. The number of hydrogen-bond acceptors (Lipinski definition) is 2. The fourth-order valence-corrected chi connectivity index (χ4v) is 3.18. The number of imidazole rings is 1. The molecule has 0 spiro atoms. The molecule has 1 N–H and O–H groups in total. The van der Waals surface area contributed by atoms with Gasteiger partial charge in [-0.2, -0.15) is 0 Å². The van der Waals surface area contributed by atoms with Crippen molar-refractivity contribution in [3.63, 3.8) is 0 Å². The van der Waals surface area contributed by atoms with E-state index in [2.05, 4.69) is 30.6 Å². The van der Waals surface area contributed by atoms with E-state index in [1.165, 1.54) is 6.42 Å². The van der Waals surface area contributed by atoms with Gasteiger partial charge in [-0.1, -0.05) is 11.6 Å². The highest BCUT2D eigenvalue weighted by atomic mass is 79.9. The SMILES string of the molecule is Clc1cccn2c(C3CCCN3)nc(Br)c12. The maximum atomic E-state index is 6.17. The molecule has 3 nitrogen and oxygen atoms in total. The van der Waals surface area contributed by atoms with Crippen molar-refractivity contribution in [2.24, 2.45) is 0 Å². The molecule has 84 valence electrons. The van der Waals surface area contributed by atoms with Gasteiger partial charge in [-0.3, -0.25) is 4.40 Å². The largest absolute Gasteiger partial charge is 0.307 e. The molecule has 2 aromatic rings. The second kappa shape index (κ2) is 4.02. The van der Waals surface area contributed by atoms with E-state index in [0.717, 1.165) is 33.9 Å². The van der Waals surface area contributed by atoms with Crippen LogP contribution in [0.2, 0.25) is 5.02 Å². The lowest BCUT2D eigenvalue weighted by molar-refractivity contribution is 0.602. The topological polar surface area (TPSA) is 29.3 Å². The molecule has 1 atom stereocenters. The van der Waals surface area contributed by atoms with Crippen LogP contribution in [0.5, 0.6) is 0 Å². The lowest BCUT2D eigenvalue weighted by Gasteiger charge is -2.08. The van der Waals surface area contributed by atoms with Crippen LogP contribution in [0.4, 0.5) is 0 Å². The van der Waals surface area contributed by atoms with Crippen LogP contribution in [0.1, 0.15) is 24.7 Å². The third-order valence-electron chi connectivity index (χ3n) is 2.97. The van der Waals surface area contributed by atoms with Gasteiger partial charge in [0, 0.05) is 6.20 Å². The quantitative estimate of drug-likeness (QED) is 0.876. The van der Waals surface area contributed by atoms with Crippen LogP contribution >= 0.6 is 27.5 Å². The molecule has 16 heavy (non-hydrogen) atoms. The van der Waals surface area contributed by atoms with E-state index in [1.54, 1.807) is 0 Å². The second-order valence-corrected chi connectivity index (χ2v) is 5.14. The normalized spacial score (nSPS) is 20.8. The summed E-state index contributed by atoms with van der Waals surface area (Å²) in [4.78, 5) is 4.57. The summed E-state index contributed by atoms with van der Waals surface area (Å²) in [5, 5.41) is 4.18. The first-order valence-corrected chi connectivity index (χ1v) is 6.50. The van der Waals surface area contributed by atoms with Gasteiger partial charge < -0.3 is 5.32 Å². The van der Waals surface area contributed by atoms with Crippen molar-refractivity contribution in [1.29, 1.82) is 0 Å². The fraction of sp³-hybridized carbons (Fsp3) is 0.364. The van der Waals surface area contributed by atoms with E-state index < -0.39 is 0 Å². The van der Waals surface area contributed by atoms with Crippen molar-refractivity contribution >= 4 is 33.0 Å². The molecule has 0 saturated carbocycles. The number of fused-ring (bicyclic) bond motifs is 1. The Morgan fingerprint density at radius 1 is 1.56 bits per heavy atom. The van der Waals surface area contributed by atoms with Gasteiger partial charge in [0.25, 0.3) is 0 Å². The third-order valence-corrected chi connectivity index (χ3v) is 3.83. The van der Waals surface area contributed by atoms with Gasteiger partial charge in [0.05, 0.1) is 16.6 Å². The van der Waals surface area contributed by atoms with Gasteiger partial charge >= 0.3 is 0 Å². The predicted molar refractivity (Wildman–Crippen MR) is 67.9 cm³/mol. The van der Waals surface area contributed by atoms with Crippen LogP contribution < -0.4 is 5.32 Å². The number of hydrogen-bond donors (Lipinski definition) is 1. The molecular weight excluding hydrogens is 289 g/mol. The van der Waals surface area contributed by atoms with E-state index in [-0.39, 0.29) is 0 Å². The second-order valence-electron chi connectivity index (χ2n) is 3.98. The molecule has 1 saturated heterocycles. The minimum atomic E-state index is 0.345. The Bertz CT molecular complexity index is 531. The summed E-state index contributed by atoms with van der Waals surface area (Å²) >= 11 is 9.64. The number of halogens is 2. The first-order chi connectivity index (χ1) is 7.77. The Kier molecular flexibility index (Phi) is 2.65. The molecule has 0 amide bonds. The van der Waals surface area contributed by atoms with Crippen molar-refractivity contribution in [3.8, 4) is 0 Å². The minimum absolute atomic E-state index is 0.345. The number of nitrogens with one attached hydrogen (secondary N) is 1. The standard InChI is InChI=1S/C11H11BrClN3/c12-10-9-7(13)3-2-6-16(9)11(15-10)8-4-1-5-14-8/h2-3,6,8,14H,1,4-5H2. The Hall–Kier alpha value is -0.580. The zero-order valence-corrected chi connectivity index (χ0v) is 10.9. The average molecular weight is 301 g/mol. The maximum Gasteiger partial charge on any atom is 0.133 e. The Morgan fingerprint density at radius 3 is 3.19 bits per heavy atom. The third kappa shape index (κ3) is 1.56. The molecule has 1 fully saturated rings. The molecule has 0 aliphatic carbocycles. The van der Waals surface area contributed by atoms with Crippen LogP contribution in [-0.2, 0) is 0 Å².